The summed E-state index contributed by atoms with van der Waals surface area (Å²) in [6.45, 7) is 2.14. The lowest BCUT2D eigenvalue weighted by Crippen LogP contribution is -2.45. The molecule has 3 heteroatoms. The second kappa shape index (κ2) is 6.80. The SMILES string of the molecule is COc1cccc(CN2CCCCC2C2CCCC2O)c1. The number of nitrogens with zero attached hydrogens (tertiary/aromatic N) is 1. The van der Waals surface area contributed by atoms with Crippen LogP contribution in [0, 0.1) is 5.92 Å². The summed E-state index contributed by atoms with van der Waals surface area (Å²) in [4.78, 5) is 2.59. The quantitative estimate of drug-likeness (QED) is 0.924. The number of ether oxygens (including phenoxy) is 1. The van der Waals surface area contributed by atoms with Crippen LogP contribution < -0.4 is 4.74 Å². The summed E-state index contributed by atoms with van der Waals surface area (Å²) in [7, 11) is 1.72. The highest BCUT2D eigenvalue weighted by atomic mass is 16.5. The summed E-state index contributed by atoms with van der Waals surface area (Å²) in [5.41, 5.74) is 1.31. The summed E-state index contributed by atoms with van der Waals surface area (Å²) >= 11 is 0. The number of aliphatic hydroxyl groups is 1. The minimum absolute atomic E-state index is 0.0825. The van der Waals surface area contributed by atoms with E-state index in [9.17, 15) is 5.11 Å². The van der Waals surface area contributed by atoms with Crippen LogP contribution in [0.25, 0.3) is 0 Å². The molecular weight excluding hydrogens is 262 g/mol. The number of aliphatic hydroxyl groups excluding tert-OH is 1. The van der Waals surface area contributed by atoms with Crippen molar-refractivity contribution in [1.29, 1.82) is 0 Å². The Kier molecular flexibility index (Phi) is 4.81. The fraction of sp³-hybridized carbons (Fsp3) is 0.667. The van der Waals surface area contributed by atoms with Gasteiger partial charge in [-0.05, 0) is 49.9 Å². The van der Waals surface area contributed by atoms with Crippen molar-refractivity contribution in [3.8, 4) is 5.75 Å². The minimum atomic E-state index is -0.0825. The Hall–Kier alpha value is -1.06. The predicted octanol–water partition coefficient (Wildman–Crippen LogP) is 3.21. The topological polar surface area (TPSA) is 32.7 Å². The molecule has 3 atom stereocenters. The van der Waals surface area contributed by atoms with E-state index in [0.29, 0.717) is 12.0 Å². The molecule has 1 saturated carbocycles. The third-order valence-corrected chi connectivity index (χ3v) is 5.21. The molecule has 3 unspecified atom stereocenters. The van der Waals surface area contributed by atoms with E-state index in [1.165, 1.54) is 37.7 Å². The molecule has 1 aromatic carbocycles. The summed E-state index contributed by atoms with van der Waals surface area (Å²) < 4.78 is 5.33. The number of hydrogen-bond donors (Lipinski definition) is 1. The first kappa shape index (κ1) is 14.9. The standard InChI is InChI=1S/C18H27NO2/c1-21-15-7-4-6-14(12-15)13-19-11-3-2-9-17(19)16-8-5-10-18(16)20/h4,6-7,12,16-18,20H,2-3,5,8-11,13H2,1H3. The molecule has 1 aliphatic carbocycles. The normalized spacial score (nSPS) is 30.5. The fourth-order valence-electron chi connectivity index (χ4n) is 4.12. The van der Waals surface area contributed by atoms with E-state index in [1.807, 2.05) is 6.07 Å². The maximum absolute atomic E-state index is 10.3. The second-order valence-electron chi connectivity index (χ2n) is 6.55. The van der Waals surface area contributed by atoms with Crippen LogP contribution in [-0.2, 0) is 6.54 Å². The van der Waals surface area contributed by atoms with Crippen molar-refractivity contribution < 1.29 is 9.84 Å². The highest BCUT2D eigenvalue weighted by Gasteiger charge is 2.36. The Balaban J connectivity index is 1.71. The van der Waals surface area contributed by atoms with E-state index >= 15 is 0 Å². The van der Waals surface area contributed by atoms with Gasteiger partial charge in [-0.25, -0.2) is 0 Å². The van der Waals surface area contributed by atoms with Gasteiger partial charge < -0.3 is 9.84 Å². The first-order valence-corrected chi connectivity index (χ1v) is 8.33. The summed E-state index contributed by atoms with van der Waals surface area (Å²) in [5.74, 6) is 1.41. The maximum Gasteiger partial charge on any atom is 0.119 e. The Morgan fingerprint density at radius 3 is 2.86 bits per heavy atom. The zero-order valence-electron chi connectivity index (χ0n) is 13.0. The molecule has 0 aromatic heterocycles. The van der Waals surface area contributed by atoms with E-state index < -0.39 is 0 Å². The van der Waals surface area contributed by atoms with Crippen LogP contribution in [0.3, 0.4) is 0 Å². The van der Waals surface area contributed by atoms with Gasteiger partial charge in [-0.2, -0.15) is 0 Å². The fourth-order valence-corrected chi connectivity index (χ4v) is 4.12. The van der Waals surface area contributed by atoms with Gasteiger partial charge in [0.15, 0.2) is 0 Å². The molecule has 1 saturated heterocycles. The van der Waals surface area contributed by atoms with Crippen LogP contribution in [0.5, 0.6) is 5.75 Å². The van der Waals surface area contributed by atoms with E-state index in [4.69, 9.17) is 4.74 Å². The number of likely N-dealkylation sites (tertiary alicyclic amines) is 1. The largest absolute Gasteiger partial charge is 0.497 e. The molecular formula is C18H27NO2. The Morgan fingerprint density at radius 1 is 1.19 bits per heavy atom. The second-order valence-corrected chi connectivity index (χ2v) is 6.55. The molecule has 2 fully saturated rings. The molecule has 3 nitrogen and oxygen atoms in total. The molecule has 1 heterocycles. The van der Waals surface area contributed by atoms with Crippen LogP contribution >= 0.6 is 0 Å². The van der Waals surface area contributed by atoms with Crippen molar-refractivity contribution in [2.24, 2.45) is 5.92 Å². The van der Waals surface area contributed by atoms with Gasteiger partial charge in [0, 0.05) is 18.5 Å². The highest BCUT2D eigenvalue weighted by molar-refractivity contribution is 5.28. The van der Waals surface area contributed by atoms with Gasteiger partial charge in [-0.3, -0.25) is 4.90 Å². The lowest BCUT2D eigenvalue weighted by molar-refractivity contribution is 0.0312. The Bertz CT molecular complexity index is 462. The van der Waals surface area contributed by atoms with E-state index in [0.717, 1.165) is 25.3 Å². The van der Waals surface area contributed by atoms with E-state index in [2.05, 4.69) is 23.1 Å². The van der Waals surface area contributed by atoms with E-state index in [1.54, 1.807) is 7.11 Å². The van der Waals surface area contributed by atoms with Crippen molar-refractivity contribution in [2.45, 2.75) is 57.2 Å². The number of methoxy groups -OCH3 is 1. The maximum atomic E-state index is 10.3. The third-order valence-electron chi connectivity index (χ3n) is 5.21. The van der Waals surface area contributed by atoms with Crippen molar-refractivity contribution in [3.05, 3.63) is 29.8 Å². The van der Waals surface area contributed by atoms with Gasteiger partial charge in [0.05, 0.1) is 13.2 Å². The van der Waals surface area contributed by atoms with Crippen molar-refractivity contribution >= 4 is 0 Å². The number of piperidine rings is 1. The molecule has 21 heavy (non-hydrogen) atoms. The molecule has 2 aliphatic rings. The van der Waals surface area contributed by atoms with Crippen LogP contribution in [-0.4, -0.2) is 35.8 Å². The predicted molar refractivity (Wildman–Crippen MR) is 84.4 cm³/mol. The molecule has 1 N–H and O–H groups in total. The molecule has 116 valence electrons. The zero-order chi connectivity index (χ0) is 14.7. The summed E-state index contributed by atoms with van der Waals surface area (Å²) in [6.07, 6.45) is 7.13. The molecule has 3 rings (SSSR count). The van der Waals surface area contributed by atoms with Crippen molar-refractivity contribution in [3.63, 3.8) is 0 Å². The molecule has 0 radical (unpaired) electrons. The zero-order valence-corrected chi connectivity index (χ0v) is 13.0. The van der Waals surface area contributed by atoms with Crippen molar-refractivity contribution in [1.82, 2.24) is 4.90 Å². The third kappa shape index (κ3) is 3.41. The number of rotatable bonds is 4. The van der Waals surface area contributed by atoms with Crippen LogP contribution in [0.1, 0.15) is 44.1 Å². The minimum Gasteiger partial charge on any atom is -0.497 e. The first-order chi connectivity index (χ1) is 10.3. The van der Waals surface area contributed by atoms with Gasteiger partial charge in [0.25, 0.3) is 0 Å². The molecule has 1 aromatic rings. The number of benzene rings is 1. The molecule has 0 amide bonds. The van der Waals surface area contributed by atoms with Gasteiger partial charge >= 0.3 is 0 Å². The smallest absolute Gasteiger partial charge is 0.119 e. The first-order valence-electron chi connectivity index (χ1n) is 8.33. The Labute approximate surface area is 127 Å². The lowest BCUT2D eigenvalue weighted by Gasteiger charge is -2.40. The van der Waals surface area contributed by atoms with Gasteiger partial charge in [-0.1, -0.05) is 25.0 Å². The average molecular weight is 289 g/mol. The lowest BCUT2D eigenvalue weighted by atomic mass is 9.87. The van der Waals surface area contributed by atoms with Crippen LogP contribution in [0.2, 0.25) is 0 Å². The van der Waals surface area contributed by atoms with Crippen molar-refractivity contribution in [2.75, 3.05) is 13.7 Å². The summed E-state index contributed by atoms with van der Waals surface area (Å²) in [5, 5.41) is 10.3. The number of hydrogen-bond acceptors (Lipinski definition) is 3. The molecule has 0 spiro atoms. The van der Waals surface area contributed by atoms with Crippen LogP contribution in [0.4, 0.5) is 0 Å². The van der Waals surface area contributed by atoms with Gasteiger partial charge in [0.1, 0.15) is 5.75 Å². The van der Waals surface area contributed by atoms with Gasteiger partial charge in [0.2, 0.25) is 0 Å². The highest BCUT2D eigenvalue weighted by Crippen LogP contribution is 2.35. The molecule has 0 bridgehead atoms. The summed E-state index contributed by atoms with van der Waals surface area (Å²) in [6, 6.07) is 8.94. The van der Waals surface area contributed by atoms with Gasteiger partial charge in [-0.15, -0.1) is 0 Å². The van der Waals surface area contributed by atoms with Crippen LogP contribution in [0.15, 0.2) is 24.3 Å². The molecule has 1 aliphatic heterocycles. The Morgan fingerprint density at radius 2 is 2.10 bits per heavy atom. The average Bonchev–Trinajstić information content (AvgIpc) is 2.94. The monoisotopic (exact) mass is 289 g/mol. The van der Waals surface area contributed by atoms with E-state index in [-0.39, 0.29) is 6.10 Å².